The molecule has 1 aliphatic rings. The van der Waals surface area contributed by atoms with Crippen LogP contribution in [0, 0.1) is 0 Å². The highest BCUT2D eigenvalue weighted by Crippen LogP contribution is 2.29. The van der Waals surface area contributed by atoms with Crippen LogP contribution in [0.5, 0.6) is 0 Å². The van der Waals surface area contributed by atoms with Crippen LogP contribution in [-0.4, -0.2) is 18.7 Å². The third-order valence-corrected chi connectivity index (χ3v) is 5.08. The Balaban J connectivity index is 2.32. The molecule has 1 fully saturated rings. The van der Waals surface area contributed by atoms with Gasteiger partial charge < -0.3 is 5.73 Å². The lowest BCUT2D eigenvalue weighted by molar-refractivity contribution is 0.579. The number of aromatic nitrogens is 1. The predicted molar refractivity (Wildman–Crippen MR) is 58.1 cm³/mol. The minimum absolute atomic E-state index is 0.220. The Kier molecular flexibility index (Phi) is 2.65. The van der Waals surface area contributed by atoms with Crippen LogP contribution in [0.25, 0.3) is 0 Å². The first-order chi connectivity index (χ1) is 7.10. The highest BCUT2D eigenvalue weighted by Gasteiger charge is 2.30. The maximum Gasteiger partial charge on any atom is 0.182 e. The third-order valence-electron chi connectivity index (χ3n) is 2.83. The molecule has 2 N–H and O–H groups in total. The molecule has 1 aromatic rings. The molecule has 0 saturated heterocycles. The predicted octanol–water partition coefficient (Wildman–Crippen LogP) is 1.38. The summed E-state index contributed by atoms with van der Waals surface area (Å²) in [6.07, 6.45) is 4.90. The first-order valence-corrected chi connectivity index (χ1v) is 6.61. The number of nitrogen functional groups attached to an aromatic ring is 1. The van der Waals surface area contributed by atoms with E-state index in [1.165, 1.54) is 18.3 Å². The maximum atomic E-state index is 12.1. The standard InChI is InChI=1S/C10H14N2O2S/c11-10-6-5-9(7-12-10)15(13,14)8-3-1-2-4-8/h5-8H,1-4H2,(H2,11,12). The summed E-state index contributed by atoms with van der Waals surface area (Å²) in [4.78, 5) is 4.11. The number of hydrogen-bond donors (Lipinski definition) is 1. The molecule has 5 heteroatoms. The van der Waals surface area contributed by atoms with E-state index in [9.17, 15) is 8.42 Å². The molecule has 1 aliphatic carbocycles. The van der Waals surface area contributed by atoms with Gasteiger partial charge in [0.25, 0.3) is 0 Å². The monoisotopic (exact) mass is 226 g/mol. The van der Waals surface area contributed by atoms with Gasteiger partial charge >= 0.3 is 0 Å². The van der Waals surface area contributed by atoms with Gasteiger partial charge in [0.1, 0.15) is 5.82 Å². The second-order valence-electron chi connectivity index (χ2n) is 3.87. The number of rotatable bonds is 2. The average Bonchev–Trinajstić information content (AvgIpc) is 2.71. The maximum absolute atomic E-state index is 12.1. The molecular weight excluding hydrogens is 212 g/mol. The molecule has 0 radical (unpaired) electrons. The number of nitrogens with two attached hydrogens (primary N) is 1. The Hall–Kier alpha value is -1.10. The second-order valence-corrected chi connectivity index (χ2v) is 6.10. The summed E-state index contributed by atoms with van der Waals surface area (Å²) >= 11 is 0. The second kappa shape index (κ2) is 3.81. The molecular formula is C10H14N2O2S. The van der Waals surface area contributed by atoms with Crippen molar-refractivity contribution in [1.82, 2.24) is 4.98 Å². The minimum atomic E-state index is -3.17. The van der Waals surface area contributed by atoms with Crippen LogP contribution in [-0.2, 0) is 9.84 Å². The summed E-state index contributed by atoms with van der Waals surface area (Å²) < 4.78 is 24.1. The van der Waals surface area contributed by atoms with Crippen molar-refractivity contribution in [2.24, 2.45) is 0 Å². The van der Waals surface area contributed by atoms with Crippen LogP contribution in [0.2, 0.25) is 0 Å². The summed E-state index contributed by atoms with van der Waals surface area (Å²) in [5, 5.41) is -0.220. The summed E-state index contributed by atoms with van der Waals surface area (Å²) in [5.41, 5.74) is 5.42. The Morgan fingerprint density at radius 1 is 1.27 bits per heavy atom. The van der Waals surface area contributed by atoms with Crippen LogP contribution >= 0.6 is 0 Å². The molecule has 0 spiro atoms. The first-order valence-electron chi connectivity index (χ1n) is 5.06. The normalized spacial score (nSPS) is 18.1. The van der Waals surface area contributed by atoms with Gasteiger partial charge in [-0.25, -0.2) is 13.4 Å². The van der Waals surface area contributed by atoms with Crippen LogP contribution in [0.15, 0.2) is 23.2 Å². The molecule has 0 amide bonds. The van der Waals surface area contributed by atoms with Crippen molar-refractivity contribution in [2.45, 2.75) is 35.8 Å². The van der Waals surface area contributed by atoms with Gasteiger partial charge in [-0.15, -0.1) is 0 Å². The van der Waals surface area contributed by atoms with E-state index in [1.807, 2.05) is 0 Å². The zero-order valence-corrected chi connectivity index (χ0v) is 9.20. The van der Waals surface area contributed by atoms with Gasteiger partial charge in [0.05, 0.1) is 10.1 Å². The molecule has 15 heavy (non-hydrogen) atoms. The van der Waals surface area contributed by atoms with E-state index in [0.717, 1.165) is 25.7 Å². The molecule has 1 heterocycles. The van der Waals surface area contributed by atoms with E-state index < -0.39 is 9.84 Å². The number of nitrogens with zero attached hydrogens (tertiary/aromatic N) is 1. The lowest BCUT2D eigenvalue weighted by Crippen LogP contribution is -2.17. The molecule has 2 rings (SSSR count). The fourth-order valence-electron chi connectivity index (χ4n) is 1.95. The van der Waals surface area contributed by atoms with Crippen LogP contribution in [0.1, 0.15) is 25.7 Å². The molecule has 0 bridgehead atoms. The molecule has 4 nitrogen and oxygen atoms in total. The Bertz CT molecular complexity index is 433. The van der Waals surface area contributed by atoms with Gasteiger partial charge in [-0.2, -0.15) is 0 Å². The molecule has 1 aromatic heterocycles. The number of hydrogen-bond acceptors (Lipinski definition) is 4. The zero-order valence-electron chi connectivity index (χ0n) is 8.39. The van der Waals surface area contributed by atoms with Gasteiger partial charge in [0.15, 0.2) is 9.84 Å². The van der Waals surface area contributed by atoms with E-state index in [1.54, 1.807) is 0 Å². The fourth-order valence-corrected chi connectivity index (χ4v) is 3.75. The van der Waals surface area contributed by atoms with Crippen molar-refractivity contribution in [1.29, 1.82) is 0 Å². The van der Waals surface area contributed by atoms with Crippen molar-refractivity contribution >= 4 is 15.7 Å². The Morgan fingerprint density at radius 2 is 1.93 bits per heavy atom. The van der Waals surface area contributed by atoms with E-state index in [2.05, 4.69) is 4.98 Å². The Morgan fingerprint density at radius 3 is 2.47 bits per heavy atom. The Labute approximate surface area is 89.4 Å². The third kappa shape index (κ3) is 1.97. The number of pyridine rings is 1. The summed E-state index contributed by atoms with van der Waals surface area (Å²) in [5.74, 6) is 0.348. The lowest BCUT2D eigenvalue weighted by Gasteiger charge is -2.10. The number of anilines is 1. The van der Waals surface area contributed by atoms with Gasteiger partial charge in [0.2, 0.25) is 0 Å². The van der Waals surface area contributed by atoms with Crippen molar-refractivity contribution in [3.63, 3.8) is 0 Å². The summed E-state index contributed by atoms with van der Waals surface area (Å²) in [7, 11) is -3.17. The molecule has 82 valence electrons. The van der Waals surface area contributed by atoms with E-state index >= 15 is 0 Å². The molecule has 0 atom stereocenters. The smallest absolute Gasteiger partial charge is 0.182 e. The van der Waals surface area contributed by atoms with Crippen molar-refractivity contribution in [3.8, 4) is 0 Å². The molecule has 0 aromatic carbocycles. The average molecular weight is 226 g/mol. The first kappa shape index (κ1) is 10.4. The van der Waals surface area contributed by atoms with E-state index in [0.29, 0.717) is 10.7 Å². The van der Waals surface area contributed by atoms with E-state index in [4.69, 9.17) is 5.73 Å². The minimum Gasteiger partial charge on any atom is -0.384 e. The highest BCUT2D eigenvalue weighted by molar-refractivity contribution is 7.92. The van der Waals surface area contributed by atoms with Crippen LogP contribution in [0.3, 0.4) is 0 Å². The number of sulfone groups is 1. The fraction of sp³-hybridized carbons (Fsp3) is 0.500. The molecule has 0 aliphatic heterocycles. The van der Waals surface area contributed by atoms with Crippen LogP contribution in [0.4, 0.5) is 5.82 Å². The van der Waals surface area contributed by atoms with Crippen LogP contribution < -0.4 is 5.73 Å². The van der Waals surface area contributed by atoms with Gasteiger partial charge in [0, 0.05) is 6.20 Å². The SMILES string of the molecule is Nc1ccc(S(=O)(=O)C2CCCC2)cn1. The zero-order chi connectivity index (χ0) is 10.9. The lowest BCUT2D eigenvalue weighted by atomic mass is 10.4. The largest absolute Gasteiger partial charge is 0.384 e. The van der Waals surface area contributed by atoms with Crippen molar-refractivity contribution < 1.29 is 8.42 Å². The topological polar surface area (TPSA) is 73.1 Å². The molecule has 1 saturated carbocycles. The molecule has 0 unspecified atom stereocenters. The van der Waals surface area contributed by atoms with Gasteiger partial charge in [-0.05, 0) is 25.0 Å². The van der Waals surface area contributed by atoms with E-state index in [-0.39, 0.29) is 5.25 Å². The van der Waals surface area contributed by atoms with Gasteiger partial charge in [-0.3, -0.25) is 0 Å². The van der Waals surface area contributed by atoms with Crippen molar-refractivity contribution in [2.75, 3.05) is 5.73 Å². The van der Waals surface area contributed by atoms with Gasteiger partial charge in [-0.1, -0.05) is 12.8 Å². The highest BCUT2D eigenvalue weighted by atomic mass is 32.2. The summed E-state index contributed by atoms with van der Waals surface area (Å²) in [6.45, 7) is 0. The summed E-state index contributed by atoms with van der Waals surface area (Å²) in [6, 6.07) is 3.07. The van der Waals surface area contributed by atoms with Crippen molar-refractivity contribution in [3.05, 3.63) is 18.3 Å². The quantitative estimate of drug-likeness (QED) is 0.826.